The number of rotatable bonds is 4. The van der Waals surface area contributed by atoms with E-state index in [1.54, 1.807) is 6.26 Å². The van der Waals surface area contributed by atoms with Crippen LogP contribution < -0.4 is 0 Å². The van der Waals surface area contributed by atoms with Crippen LogP contribution in [0.15, 0.2) is 33.8 Å². The van der Waals surface area contributed by atoms with Gasteiger partial charge in [-0.15, -0.1) is 11.8 Å². The first kappa shape index (κ1) is 13.7. The summed E-state index contributed by atoms with van der Waals surface area (Å²) in [7, 11) is 0. The Labute approximate surface area is 114 Å². The van der Waals surface area contributed by atoms with E-state index in [-0.39, 0.29) is 17.1 Å². The van der Waals surface area contributed by atoms with Crippen LogP contribution in [0.2, 0.25) is 0 Å². The molecule has 0 fully saturated rings. The van der Waals surface area contributed by atoms with Crippen molar-refractivity contribution in [2.45, 2.75) is 24.5 Å². The Morgan fingerprint density at radius 3 is 2.79 bits per heavy atom. The lowest BCUT2D eigenvalue weighted by atomic mass is 10.1. The van der Waals surface area contributed by atoms with Gasteiger partial charge in [-0.1, -0.05) is 0 Å². The Balaban J connectivity index is 2.25. The van der Waals surface area contributed by atoms with Gasteiger partial charge in [0.1, 0.15) is 17.3 Å². The standard InChI is InChI=1S/C14H13FO3S/c1-8(16)12-6-11(15)5-10(14(12)17)7-19-13-3-4-18-9(13)2/h3-6,17H,7H2,1-2H3. The van der Waals surface area contributed by atoms with Crippen molar-refractivity contribution in [3.8, 4) is 5.75 Å². The van der Waals surface area contributed by atoms with E-state index in [2.05, 4.69) is 0 Å². The molecule has 2 aromatic rings. The van der Waals surface area contributed by atoms with Crippen LogP contribution in [0, 0.1) is 12.7 Å². The Bertz CT molecular complexity index is 619. The Morgan fingerprint density at radius 1 is 1.47 bits per heavy atom. The van der Waals surface area contributed by atoms with Crippen molar-refractivity contribution in [2.75, 3.05) is 0 Å². The van der Waals surface area contributed by atoms with Crippen LogP contribution in [0.25, 0.3) is 0 Å². The molecule has 0 atom stereocenters. The highest BCUT2D eigenvalue weighted by Crippen LogP contribution is 2.32. The first-order valence-electron chi connectivity index (χ1n) is 5.68. The van der Waals surface area contributed by atoms with Gasteiger partial charge in [-0.2, -0.15) is 0 Å². The fourth-order valence-electron chi connectivity index (χ4n) is 1.71. The van der Waals surface area contributed by atoms with Crippen LogP contribution in [-0.2, 0) is 5.75 Å². The second-order valence-corrected chi connectivity index (χ2v) is 5.16. The van der Waals surface area contributed by atoms with Gasteiger partial charge in [0.05, 0.1) is 11.8 Å². The number of hydrogen-bond acceptors (Lipinski definition) is 4. The third-order valence-corrected chi connectivity index (χ3v) is 3.92. The Hall–Kier alpha value is -1.75. The number of benzene rings is 1. The van der Waals surface area contributed by atoms with Crippen molar-refractivity contribution in [3.05, 3.63) is 47.2 Å². The molecule has 0 bridgehead atoms. The molecule has 3 nitrogen and oxygen atoms in total. The van der Waals surface area contributed by atoms with Gasteiger partial charge in [0.2, 0.25) is 0 Å². The second kappa shape index (κ2) is 5.48. The molecule has 5 heteroatoms. The SMILES string of the molecule is CC(=O)c1cc(F)cc(CSc2ccoc2C)c1O. The largest absolute Gasteiger partial charge is 0.507 e. The van der Waals surface area contributed by atoms with Gasteiger partial charge >= 0.3 is 0 Å². The summed E-state index contributed by atoms with van der Waals surface area (Å²) in [5.41, 5.74) is 0.412. The maximum atomic E-state index is 13.4. The summed E-state index contributed by atoms with van der Waals surface area (Å²) >= 11 is 1.42. The zero-order chi connectivity index (χ0) is 14.0. The van der Waals surface area contributed by atoms with E-state index in [9.17, 15) is 14.3 Å². The summed E-state index contributed by atoms with van der Waals surface area (Å²) in [6.07, 6.45) is 1.57. The van der Waals surface area contributed by atoms with Gasteiger partial charge in [-0.05, 0) is 32.0 Å². The Kier molecular flexibility index (Phi) is 3.95. The zero-order valence-corrected chi connectivity index (χ0v) is 11.4. The number of aromatic hydroxyl groups is 1. The normalized spacial score (nSPS) is 10.7. The average molecular weight is 280 g/mol. The molecule has 1 aromatic carbocycles. The Morgan fingerprint density at radius 2 is 2.21 bits per heavy atom. The highest BCUT2D eigenvalue weighted by atomic mass is 32.2. The van der Waals surface area contributed by atoms with E-state index in [1.807, 2.05) is 13.0 Å². The molecule has 2 rings (SSSR count). The molecule has 1 N–H and O–H groups in total. The van der Waals surface area contributed by atoms with E-state index in [1.165, 1.54) is 24.8 Å². The predicted molar refractivity (Wildman–Crippen MR) is 71.1 cm³/mol. The quantitative estimate of drug-likeness (QED) is 0.681. The van der Waals surface area contributed by atoms with E-state index < -0.39 is 5.82 Å². The number of furan rings is 1. The van der Waals surface area contributed by atoms with Crippen molar-refractivity contribution >= 4 is 17.5 Å². The maximum absolute atomic E-state index is 13.4. The minimum absolute atomic E-state index is 0.0134. The van der Waals surface area contributed by atoms with Crippen LogP contribution in [0.1, 0.15) is 28.6 Å². The average Bonchev–Trinajstić information content (AvgIpc) is 2.75. The fourth-order valence-corrected chi connectivity index (χ4v) is 2.65. The number of halogens is 1. The summed E-state index contributed by atoms with van der Waals surface area (Å²) in [4.78, 5) is 12.2. The van der Waals surface area contributed by atoms with Crippen molar-refractivity contribution < 1.29 is 18.7 Å². The lowest BCUT2D eigenvalue weighted by Gasteiger charge is -2.08. The molecule has 0 radical (unpaired) electrons. The lowest BCUT2D eigenvalue weighted by molar-refractivity contribution is 0.101. The number of hydrogen-bond donors (Lipinski definition) is 1. The van der Waals surface area contributed by atoms with Crippen molar-refractivity contribution in [2.24, 2.45) is 0 Å². The summed E-state index contributed by atoms with van der Waals surface area (Å²) in [6.45, 7) is 3.13. The molecule has 0 aliphatic heterocycles. The molecule has 0 spiro atoms. The van der Waals surface area contributed by atoms with Crippen molar-refractivity contribution in [3.63, 3.8) is 0 Å². The lowest BCUT2D eigenvalue weighted by Crippen LogP contribution is -1.97. The minimum Gasteiger partial charge on any atom is -0.507 e. The number of carbonyl (C=O) groups is 1. The second-order valence-electron chi connectivity index (χ2n) is 4.15. The minimum atomic E-state index is -0.525. The summed E-state index contributed by atoms with van der Waals surface area (Å²) in [5, 5.41) is 9.96. The maximum Gasteiger partial charge on any atom is 0.163 e. The van der Waals surface area contributed by atoms with Gasteiger partial charge in [0.25, 0.3) is 0 Å². The number of aryl methyl sites for hydroxylation is 1. The van der Waals surface area contributed by atoms with Gasteiger partial charge in [-0.25, -0.2) is 4.39 Å². The topological polar surface area (TPSA) is 50.4 Å². The molecule has 19 heavy (non-hydrogen) atoms. The number of phenolic OH excluding ortho intramolecular Hbond substituents is 1. The molecule has 0 amide bonds. The molecule has 0 aliphatic rings. The highest BCUT2D eigenvalue weighted by Gasteiger charge is 2.14. The van der Waals surface area contributed by atoms with Crippen molar-refractivity contribution in [1.29, 1.82) is 0 Å². The van der Waals surface area contributed by atoms with Gasteiger partial charge in [0.15, 0.2) is 5.78 Å². The summed E-state index contributed by atoms with van der Waals surface area (Å²) in [5.74, 6) is 0.102. The van der Waals surface area contributed by atoms with Crippen LogP contribution in [0.5, 0.6) is 5.75 Å². The van der Waals surface area contributed by atoms with Crippen LogP contribution in [0.4, 0.5) is 4.39 Å². The number of carbonyl (C=O) groups excluding carboxylic acids is 1. The smallest absolute Gasteiger partial charge is 0.163 e. The third-order valence-electron chi connectivity index (χ3n) is 2.73. The monoisotopic (exact) mass is 280 g/mol. The van der Waals surface area contributed by atoms with Crippen LogP contribution in [-0.4, -0.2) is 10.9 Å². The van der Waals surface area contributed by atoms with Gasteiger partial charge < -0.3 is 9.52 Å². The van der Waals surface area contributed by atoms with Crippen LogP contribution in [0.3, 0.4) is 0 Å². The number of ketones is 1. The van der Waals surface area contributed by atoms with E-state index in [4.69, 9.17) is 4.42 Å². The predicted octanol–water partition coefficient (Wildman–Crippen LogP) is 3.93. The molecule has 1 aromatic heterocycles. The van der Waals surface area contributed by atoms with Gasteiger partial charge in [0, 0.05) is 16.2 Å². The molecular formula is C14H13FO3S. The van der Waals surface area contributed by atoms with Crippen molar-refractivity contribution in [1.82, 2.24) is 0 Å². The molecular weight excluding hydrogens is 267 g/mol. The van der Waals surface area contributed by atoms with E-state index in [0.29, 0.717) is 11.3 Å². The third kappa shape index (κ3) is 2.98. The highest BCUT2D eigenvalue weighted by molar-refractivity contribution is 7.98. The fraction of sp³-hybridized carbons (Fsp3) is 0.214. The van der Waals surface area contributed by atoms with Crippen LogP contribution >= 0.6 is 11.8 Å². The number of Topliss-reactive ketones (excluding diaryl/α,β-unsaturated/α-hetero) is 1. The molecule has 0 aliphatic carbocycles. The first-order chi connectivity index (χ1) is 8.99. The molecule has 0 unspecified atom stereocenters. The van der Waals surface area contributed by atoms with Gasteiger partial charge in [-0.3, -0.25) is 4.79 Å². The molecule has 0 saturated carbocycles. The summed E-state index contributed by atoms with van der Waals surface area (Å²) in [6, 6.07) is 4.10. The number of phenols is 1. The molecule has 0 saturated heterocycles. The van der Waals surface area contributed by atoms with E-state index in [0.717, 1.165) is 16.7 Å². The zero-order valence-electron chi connectivity index (χ0n) is 10.6. The number of thioether (sulfide) groups is 1. The molecule has 1 heterocycles. The van der Waals surface area contributed by atoms with E-state index >= 15 is 0 Å². The molecule has 100 valence electrons. The summed E-state index contributed by atoms with van der Waals surface area (Å²) < 4.78 is 18.6. The first-order valence-corrected chi connectivity index (χ1v) is 6.67.